The van der Waals surface area contributed by atoms with E-state index in [1.807, 2.05) is 0 Å². The Kier molecular flexibility index (Phi) is 3.59. The molecule has 1 aliphatic rings. The molecule has 2 rings (SSSR count). The topological polar surface area (TPSA) is 70.6 Å². The molecule has 0 aromatic heterocycles. The number of aryl methyl sites for hydroxylation is 1. The molecular weight excluding hydrogens is 252 g/mol. The molecular formula is C13H17F2N3O. The molecule has 1 aliphatic carbocycles. The van der Waals surface area contributed by atoms with Gasteiger partial charge in [-0.25, -0.2) is 8.78 Å². The monoisotopic (exact) mass is 269 g/mol. The second kappa shape index (κ2) is 5.03. The molecule has 1 aromatic rings. The van der Waals surface area contributed by atoms with Crippen LogP contribution in [0.15, 0.2) is 17.3 Å². The summed E-state index contributed by atoms with van der Waals surface area (Å²) >= 11 is 0. The van der Waals surface area contributed by atoms with Crippen molar-refractivity contribution in [2.45, 2.75) is 26.2 Å². The molecule has 1 aromatic carbocycles. The van der Waals surface area contributed by atoms with E-state index in [9.17, 15) is 8.78 Å². The van der Waals surface area contributed by atoms with Crippen LogP contribution >= 0.6 is 0 Å². The van der Waals surface area contributed by atoms with Crippen molar-refractivity contribution in [1.82, 2.24) is 0 Å². The van der Waals surface area contributed by atoms with Crippen molar-refractivity contribution in [1.29, 1.82) is 0 Å². The highest BCUT2D eigenvalue weighted by molar-refractivity contribution is 5.80. The van der Waals surface area contributed by atoms with E-state index in [1.54, 1.807) is 6.92 Å². The Hall–Kier alpha value is -1.85. The van der Waals surface area contributed by atoms with E-state index < -0.39 is 11.6 Å². The third-order valence-electron chi connectivity index (χ3n) is 3.57. The molecule has 0 bridgehead atoms. The third-order valence-corrected chi connectivity index (χ3v) is 3.57. The molecule has 1 fully saturated rings. The first-order chi connectivity index (χ1) is 8.97. The molecule has 19 heavy (non-hydrogen) atoms. The Morgan fingerprint density at radius 1 is 1.47 bits per heavy atom. The molecule has 104 valence electrons. The average molecular weight is 269 g/mol. The summed E-state index contributed by atoms with van der Waals surface area (Å²) in [7, 11) is 0. The molecule has 6 heteroatoms. The number of benzene rings is 1. The van der Waals surface area contributed by atoms with Gasteiger partial charge in [0.1, 0.15) is 17.3 Å². The highest BCUT2D eigenvalue weighted by Crippen LogP contribution is 2.48. The van der Waals surface area contributed by atoms with Gasteiger partial charge in [0.05, 0.1) is 0 Å². The Bertz CT molecular complexity index is 513. The minimum Gasteiger partial charge on any atom is -0.409 e. The SMILES string of the molecule is Cc1ccc(F)c(NCC2(C/C(N)=N/O)CC2)c1F. The van der Waals surface area contributed by atoms with Crippen LogP contribution in [0.25, 0.3) is 0 Å². The zero-order valence-corrected chi connectivity index (χ0v) is 10.7. The number of nitrogens with zero attached hydrogens (tertiary/aromatic N) is 1. The van der Waals surface area contributed by atoms with Crippen molar-refractivity contribution in [3.05, 3.63) is 29.3 Å². The Labute approximate surface area is 110 Å². The van der Waals surface area contributed by atoms with Gasteiger partial charge < -0.3 is 16.3 Å². The number of oxime groups is 1. The van der Waals surface area contributed by atoms with E-state index in [4.69, 9.17) is 10.9 Å². The lowest BCUT2D eigenvalue weighted by atomic mass is 10.0. The number of nitrogens with one attached hydrogen (secondary N) is 1. The predicted octanol–water partition coefficient (Wildman–Crippen LogP) is 2.60. The molecule has 0 amide bonds. The summed E-state index contributed by atoms with van der Waals surface area (Å²) in [4.78, 5) is 0. The van der Waals surface area contributed by atoms with E-state index in [1.165, 1.54) is 12.1 Å². The Morgan fingerprint density at radius 2 is 2.16 bits per heavy atom. The molecule has 1 saturated carbocycles. The number of hydrogen-bond donors (Lipinski definition) is 3. The minimum absolute atomic E-state index is 0.106. The molecule has 0 atom stereocenters. The number of amidine groups is 1. The fourth-order valence-corrected chi connectivity index (χ4v) is 2.11. The molecule has 0 spiro atoms. The molecule has 4 N–H and O–H groups in total. The summed E-state index contributed by atoms with van der Waals surface area (Å²) in [5.41, 5.74) is 5.61. The zero-order valence-electron chi connectivity index (χ0n) is 10.7. The van der Waals surface area contributed by atoms with Crippen LogP contribution in [0, 0.1) is 24.0 Å². The first kappa shape index (κ1) is 13.6. The second-order valence-corrected chi connectivity index (χ2v) is 5.17. The smallest absolute Gasteiger partial charge is 0.152 e. The van der Waals surface area contributed by atoms with Crippen LogP contribution < -0.4 is 11.1 Å². The lowest BCUT2D eigenvalue weighted by Crippen LogP contribution is -2.24. The maximum absolute atomic E-state index is 13.8. The van der Waals surface area contributed by atoms with Crippen molar-refractivity contribution in [3.8, 4) is 0 Å². The maximum atomic E-state index is 13.8. The fourth-order valence-electron chi connectivity index (χ4n) is 2.11. The van der Waals surface area contributed by atoms with Gasteiger partial charge in [0, 0.05) is 13.0 Å². The van der Waals surface area contributed by atoms with Crippen molar-refractivity contribution < 1.29 is 14.0 Å². The first-order valence-corrected chi connectivity index (χ1v) is 6.12. The molecule has 0 heterocycles. The van der Waals surface area contributed by atoms with E-state index in [0.717, 1.165) is 12.8 Å². The molecule has 0 unspecified atom stereocenters. The Morgan fingerprint density at radius 3 is 2.74 bits per heavy atom. The summed E-state index contributed by atoms with van der Waals surface area (Å²) < 4.78 is 27.4. The van der Waals surface area contributed by atoms with E-state index in [0.29, 0.717) is 18.5 Å². The summed E-state index contributed by atoms with van der Waals surface area (Å²) in [6.45, 7) is 1.99. The van der Waals surface area contributed by atoms with Crippen LogP contribution in [0.3, 0.4) is 0 Å². The molecule has 0 saturated heterocycles. The van der Waals surface area contributed by atoms with Gasteiger partial charge in [-0.1, -0.05) is 11.2 Å². The fraction of sp³-hybridized carbons (Fsp3) is 0.462. The van der Waals surface area contributed by atoms with Crippen molar-refractivity contribution in [2.24, 2.45) is 16.3 Å². The third kappa shape index (κ3) is 2.94. The standard InChI is InChI=1S/C13H17F2N3O/c1-8-2-3-9(14)12(11(8)15)17-7-13(4-5-13)6-10(16)18-19/h2-3,17,19H,4-7H2,1H3,(H2,16,18). The van der Waals surface area contributed by atoms with Gasteiger partial charge in [0.2, 0.25) is 0 Å². The van der Waals surface area contributed by atoms with Crippen LogP contribution in [0.1, 0.15) is 24.8 Å². The van der Waals surface area contributed by atoms with E-state index in [2.05, 4.69) is 10.5 Å². The van der Waals surface area contributed by atoms with E-state index in [-0.39, 0.29) is 16.9 Å². The van der Waals surface area contributed by atoms with Gasteiger partial charge in [-0.3, -0.25) is 0 Å². The first-order valence-electron chi connectivity index (χ1n) is 6.12. The second-order valence-electron chi connectivity index (χ2n) is 5.17. The van der Waals surface area contributed by atoms with Gasteiger partial charge in [0.25, 0.3) is 0 Å². The van der Waals surface area contributed by atoms with Crippen LogP contribution in [0.5, 0.6) is 0 Å². The minimum atomic E-state index is -0.609. The molecule has 0 radical (unpaired) electrons. The summed E-state index contributed by atoms with van der Waals surface area (Å²) in [5, 5.41) is 14.3. The summed E-state index contributed by atoms with van der Waals surface area (Å²) in [6.07, 6.45) is 2.21. The lowest BCUT2D eigenvalue weighted by Gasteiger charge is -2.17. The largest absolute Gasteiger partial charge is 0.409 e. The highest BCUT2D eigenvalue weighted by Gasteiger charge is 2.43. The average Bonchev–Trinajstić information content (AvgIpc) is 3.14. The van der Waals surface area contributed by atoms with Crippen molar-refractivity contribution in [3.63, 3.8) is 0 Å². The van der Waals surface area contributed by atoms with E-state index >= 15 is 0 Å². The molecule has 0 aliphatic heterocycles. The van der Waals surface area contributed by atoms with Gasteiger partial charge in [-0.2, -0.15) is 0 Å². The number of rotatable bonds is 5. The zero-order chi connectivity index (χ0) is 14.0. The quantitative estimate of drug-likeness (QED) is 0.333. The normalized spacial score (nSPS) is 17.3. The van der Waals surface area contributed by atoms with Gasteiger partial charge in [-0.05, 0) is 36.8 Å². The predicted molar refractivity (Wildman–Crippen MR) is 69.3 cm³/mol. The van der Waals surface area contributed by atoms with Gasteiger partial charge in [0.15, 0.2) is 5.82 Å². The Balaban J connectivity index is 2.06. The number of nitrogens with two attached hydrogens (primary N) is 1. The van der Waals surface area contributed by atoms with Crippen LogP contribution in [0.2, 0.25) is 0 Å². The summed E-state index contributed by atoms with van der Waals surface area (Å²) in [5.74, 6) is -1.04. The van der Waals surface area contributed by atoms with Crippen LogP contribution in [-0.4, -0.2) is 17.6 Å². The van der Waals surface area contributed by atoms with Crippen molar-refractivity contribution >= 4 is 11.5 Å². The lowest BCUT2D eigenvalue weighted by molar-refractivity contribution is 0.315. The van der Waals surface area contributed by atoms with Crippen LogP contribution in [-0.2, 0) is 0 Å². The highest BCUT2D eigenvalue weighted by atomic mass is 19.1. The van der Waals surface area contributed by atoms with Gasteiger partial charge in [-0.15, -0.1) is 0 Å². The van der Waals surface area contributed by atoms with Crippen LogP contribution in [0.4, 0.5) is 14.5 Å². The summed E-state index contributed by atoms with van der Waals surface area (Å²) in [6, 6.07) is 2.64. The van der Waals surface area contributed by atoms with Gasteiger partial charge >= 0.3 is 0 Å². The molecule has 4 nitrogen and oxygen atoms in total. The number of halogens is 2. The van der Waals surface area contributed by atoms with Crippen molar-refractivity contribution in [2.75, 3.05) is 11.9 Å². The maximum Gasteiger partial charge on any atom is 0.152 e. The number of anilines is 1. The number of hydrogen-bond acceptors (Lipinski definition) is 3.